The molecule has 1 fully saturated rings. The average Bonchev–Trinajstić information content (AvgIpc) is 2.92. The van der Waals surface area contributed by atoms with Crippen molar-refractivity contribution in [3.05, 3.63) is 40.2 Å². The van der Waals surface area contributed by atoms with Crippen LogP contribution in [-0.4, -0.2) is 52.1 Å². The Hall–Kier alpha value is -1.92. The summed E-state index contributed by atoms with van der Waals surface area (Å²) in [5.74, 6) is -0.106. The second-order valence-electron chi connectivity index (χ2n) is 5.26. The monoisotopic (exact) mass is 320 g/mol. The minimum Gasteiger partial charge on any atom is -0.378 e. The molecule has 0 aliphatic carbocycles. The third-order valence-electron chi connectivity index (χ3n) is 3.67. The number of carbonyl (C=O) groups is 1. The van der Waals surface area contributed by atoms with E-state index >= 15 is 0 Å². The number of halogens is 1. The van der Waals surface area contributed by atoms with E-state index in [9.17, 15) is 4.79 Å². The van der Waals surface area contributed by atoms with Crippen LogP contribution in [0.15, 0.2) is 18.2 Å². The zero-order valence-electron chi connectivity index (χ0n) is 12.5. The van der Waals surface area contributed by atoms with E-state index < -0.39 is 0 Å². The summed E-state index contributed by atoms with van der Waals surface area (Å²) in [5, 5.41) is 9.32. The average molecular weight is 321 g/mol. The van der Waals surface area contributed by atoms with Crippen LogP contribution in [0.4, 0.5) is 0 Å². The van der Waals surface area contributed by atoms with Gasteiger partial charge in [0.15, 0.2) is 5.69 Å². The van der Waals surface area contributed by atoms with Gasteiger partial charge in [-0.25, -0.2) is 0 Å². The van der Waals surface area contributed by atoms with Crippen molar-refractivity contribution in [2.45, 2.75) is 13.8 Å². The predicted octanol–water partition coefficient (Wildman–Crippen LogP) is 2.01. The largest absolute Gasteiger partial charge is 0.378 e. The number of benzene rings is 1. The number of ether oxygens (including phenoxy) is 1. The Kier molecular flexibility index (Phi) is 4.13. The molecule has 0 radical (unpaired) electrons. The van der Waals surface area contributed by atoms with Gasteiger partial charge in [-0.2, -0.15) is 9.90 Å². The van der Waals surface area contributed by atoms with Gasteiger partial charge in [-0.05, 0) is 31.5 Å². The standard InChI is InChI=1S/C15H17ClN4O2/c1-10-3-4-12(9-13(10)16)20-17-11(2)14(18-20)15(21)19-5-7-22-8-6-19/h3-4,9H,5-8H2,1-2H3. The first-order valence-electron chi connectivity index (χ1n) is 7.14. The summed E-state index contributed by atoms with van der Waals surface area (Å²) in [7, 11) is 0. The van der Waals surface area contributed by atoms with Crippen LogP contribution in [0, 0.1) is 13.8 Å². The molecular formula is C15H17ClN4O2. The van der Waals surface area contributed by atoms with Crippen LogP contribution in [-0.2, 0) is 4.74 Å². The van der Waals surface area contributed by atoms with Crippen molar-refractivity contribution in [1.82, 2.24) is 19.9 Å². The number of rotatable bonds is 2. The lowest BCUT2D eigenvalue weighted by atomic mass is 10.2. The molecule has 0 saturated carbocycles. The smallest absolute Gasteiger partial charge is 0.276 e. The van der Waals surface area contributed by atoms with Gasteiger partial charge in [-0.15, -0.1) is 5.10 Å². The fraction of sp³-hybridized carbons (Fsp3) is 0.400. The number of hydrogen-bond donors (Lipinski definition) is 0. The number of aromatic nitrogens is 3. The molecule has 0 unspecified atom stereocenters. The molecule has 1 aromatic heterocycles. The summed E-state index contributed by atoms with van der Waals surface area (Å²) >= 11 is 6.14. The van der Waals surface area contributed by atoms with Gasteiger partial charge in [0.05, 0.1) is 24.6 Å². The van der Waals surface area contributed by atoms with Gasteiger partial charge < -0.3 is 9.64 Å². The summed E-state index contributed by atoms with van der Waals surface area (Å²) in [5.41, 5.74) is 2.70. The minimum atomic E-state index is -0.106. The molecule has 2 aromatic rings. The van der Waals surface area contributed by atoms with E-state index in [0.29, 0.717) is 42.7 Å². The number of morpholine rings is 1. The molecule has 116 valence electrons. The molecule has 7 heteroatoms. The molecule has 0 N–H and O–H groups in total. The highest BCUT2D eigenvalue weighted by Gasteiger charge is 2.24. The molecule has 1 aromatic carbocycles. The van der Waals surface area contributed by atoms with Crippen molar-refractivity contribution in [1.29, 1.82) is 0 Å². The SMILES string of the molecule is Cc1ccc(-n2nc(C)c(C(=O)N3CCOCC3)n2)cc1Cl. The summed E-state index contributed by atoms with van der Waals surface area (Å²) < 4.78 is 5.27. The number of amides is 1. The topological polar surface area (TPSA) is 60.2 Å². The van der Waals surface area contributed by atoms with Crippen LogP contribution in [0.2, 0.25) is 5.02 Å². The lowest BCUT2D eigenvalue weighted by Crippen LogP contribution is -2.41. The summed E-state index contributed by atoms with van der Waals surface area (Å²) in [6.07, 6.45) is 0. The quantitative estimate of drug-likeness (QED) is 0.849. The van der Waals surface area contributed by atoms with Gasteiger partial charge in [0.2, 0.25) is 0 Å². The summed E-state index contributed by atoms with van der Waals surface area (Å²) in [6, 6.07) is 5.57. The Labute approximate surface area is 133 Å². The fourth-order valence-corrected chi connectivity index (χ4v) is 2.49. The molecular weight excluding hydrogens is 304 g/mol. The van der Waals surface area contributed by atoms with Gasteiger partial charge in [0, 0.05) is 18.1 Å². The molecule has 2 heterocycles. The van der Waals surface area contributed by atoms with Gasteiger partial charge >= 0.3 is 0 Å². The zero-order chi connectivity index (χ0) is 15.7. The molecule has 3 rings (SSSR count). The fourth-order valence-electron chi connectivity index (χ4n) is 2.31. The van der Waals surface area contributed by atoms with Gasteiger partial charge in [-0.1, -0.05) is 17.7 Å². The maximum absolute atomic E-state index is 12.5. The van der Waals surface area contributed by atoms with E-state index in [1.807, 2.05) is 19.1 Å². The molecule has 0 bridgehead atoms. The Morgan fingerprint density at radius 1 is 1.23 bits per heavy atom. The first kappa shape index (κ1) is 15.0. The van der Waals surface area contributed by atoms with Crippen LogP contribution in [0.25, 0.3) is 5.69 Å². The first-order chi connectivity index (χ1) is 10.6. The van der Waals surface area contributed by atoms with E-state index in [1.165, 1.54) is 4.80 Å². The minimum absolute atomic E-state index is 0.106. The van der Waals surface area contributed by atoms with Crippen molar-refractivity contribution in [3.8, 4) is 5.69 Å². The zero-order valence-corrected chi connectivity index (χ0v) is 13.3. The normalized spacial score (nSPS) is 15.1. The van der Waals surface area contributed by atoms with Crippen LogP contribution >= 0.6 is 11.6 Å². The van der Waals surface area contributed by atoms with Crippen LogP contribution in [0.5, 0.6) is 0 Å². The highest BCUT2D eigenvalue weighted by Crippen LogP contribution is 2.19. The predicted molar refractivity (Wildman–Crippen MR) is 82.6 cm³/mol. The van der Waals surface area contributed by atoms with Crippen LogP contribution in [0.3, 0.4) is 0 Å². The second-order valence-corrected chi connectivity index (χ2v) is 5.67. The number of carbonyl (C=O) groups excluding carboxylic acids is 1. The van der Waals surface area contributed by atoms with Gasteiger partial charge in [-0.3, -0.25) is 4.79 Å². The van der Waals surface area contributed by atoms with Crippen molar-refractivity contribution in [2.24, 2.45) is 0 Å². The Bertz CT molecular complexity index is 708. The van der Waals surface area contributed by atoms with Crippen molar-refractivity contribution in [3.63, 3.8) is 0 Å². The number of nitrogens with zero attached hydrogens (tertiary/aromatic N) is 4. The molecule has 0 spiro atoms. The van der Waals surface area contributed by atoms with Crippen molar-refractivity contribution >= 4 is 17.5 Å². The van der Waals surface area contributed by atoms with E-state index in [-0.39, 0.29) is 5.91 Å². The Balaban J connectivity index is 1.89. The van der Waals surface area contributed by atoms with Gasteiger partial charge in [0.1, 0.15) is 0 Å². The third kappa shape index (κ3) is 2.84. The van der Waals surface area contributed by atoms with E-state index in [2.05, 4.69) is 10.2 Å². The third-order valence-corrected chi connectivity index (χ3v) is 4.08. The molecule has 1 saturated heterocycles. The number of aryl methyl sites for hydroxylation is 2. The lowest BCUT2D eigenvalue weighted by molar-refractivity contribution is 0.0298. The lowest BCUT2D eigenvalue weighted by Gasteiger charge is -2.26. The van der Waals surface area contributed by atoms with Crippen LogP contribution < -0.4 is 0 Å². The highest BCUT2D eigenvalue weighted by atomic mass is 35.5. The van der Waals surface area contributed by atoms with Crippen LogP contribution in [0.1, 0.15) is 21.7 Å². The molecule has 0 atom stereocenters. The Morgan fingerprint density at radius 2 is 1.95 bits per heavy atom. The summed E-state index contributed by atoms with van der Waals surface area (Å²) in [6.45, 7) is 6.01. The van der Waals surface area contributed by atoms with Gasteiger partial charge in [0.25, 0.3) is 5.91 Å². The van der Waals surface area contributed by atoms with E-state index in [4.69, 9.17) is 16.3 Å². The number of hydrogen-bond acceptors (Lipinski definition) is 4. The molecule has 22 heavy (non-hydrogen) atoms. The van der Waals surface area contributed by atoms with E-state index in [1.54, 1.807) is 17.9 Å². The maximum atomic E-state index is 12.5. The highest BCUT2D eigenvalue weighted by molar-refractivity contribution is 6.31. The second kappa shape index (κ2) is 6.06. The molecule has 1 aliphatic heterocycles. The molecule has 1 amide bonds. The first-order valence-corrected chi connectivity index (χ1v) is 7.51. The maximum Gasteiger partial charge on any atom is 0.276 e. The summed E-state index contributed by atoms with van der Waals surface area (Å²) in [4.78, 5) is 15.7. The molecule has 1 aliphatic rings. The molecule has 6 nitrogen and oxygen atoms in total. The Morgan fingerprint density at radius 3 is 2.64 bits per heavy atom. The van der Waals surface area contributed by atoms with Crippen molar-refractivity contribution < 1.29 is 9.53 Å². The van der Waals surface area contributed by atoms with E-state index in [0.717, 1.165) is 11.3 Å². The van der Waals surface area contributed by atoms with Crippen molar-refractivity contribution in [2.75, 3.05) is 26.3 Å².